The molecule has 1 N–H and O–H groups in total. The molecule has 0 radical (unpaired) electrons. The van der Waals surface area contributed by atoms with E-state index in [9.17, 15) is 13.5 Å². The number of ether oxygens (including phenoxy) is 1. The summed E-state index contributed by atoms with van der Waals surface area (Å²) in [5.74, 6) is 1.65. The van der Waals surface area contributed by atoms with Crippen LogP contribution in [0.25, 0.3) is 0 Å². The zero-order chi connectivity index (χ0) is 18.6. The predicted molar refractivity (Wildman–Crippen MR) is 99.1 cm³/mol. The molecule has 2 atom stereocenters. The number of nitrogens with zero attached hydrogens (tertiary/aromatic N) is 1. The minimum atomic E-state index is -3.01. The van der Waals surface area contributed by atoms with Gasteiger partial charge in [-0.25, -0.2) is 8.42 Å². The van der Waals surface area contributed by atoms with Gasteiger partial charge in [-0.1, -0.05) is 11.6 Å². The van der Waals surface area contributed by atoms with E-state index in [1.807, 2.05) is 11.0 Å². The number of benzene rings is 1. The number of rotatable bonds is 8. The summed E-state index contributed by atoms with van der Waals surface area (Å²) in [5, 5.41) is 11.0. The van der Waals surface area contributed by atoms with Crippen molar-refractivity contribution >= 4 is 21.4 Å². The molecule has 1 aliphatic rings. The highest BCUT2D eigenvalue weighted by atomic mass is 35.5. The first-order valence-corrected chi connectivity index (χ1v) is 10.6. The molecule has 1 saturated heterocycles. The van der Waals surface area contributed by atoms with Crippen LogP contribution in [0, 0.1) is 0 Å². The summed E-state index contributed by atoms with van der Waals surface area (Å²) in [6.07, 6.45) is 1.39. The highest BCUT2D eigenvalue weighted by Gasteiger charge is 2.33. The number of aliphatic hydroxyl groups excluding tert-OH is 1. The minimum Gasteiger partial charge on any atom is -0.491 e. The Hall–Kier alpha value is -1.54. The molecule has 6 nitrogen and oxygen atoms in total. The van der Waals surface area contributed by atoms with Gasteiger partial charge >= 0.3 is 0 Å². The van der Waals surface area contributed by atoms with E-state index in [-0.39, 0.29) is 24.2 Å². The lowest BCUT2D eigenvalue weighted by atomic mass is 10.2. The van der Waals surface area contributed by atoms with E-state index < -0.39 is 15.9 Å². The fraction of sp³-hybridized carbons (Fsp3) is 0.444. The lowest BCUT2D eigenvalue weighted by Crippen LogP contribution is -2.42. The summed E-state index contributed by atoms with van der Waals surface area (Å²) in [6, 6.07) is 10.4. The molecule has 1 aromatic heterocycles. The van der Waals surface area contributed by atoms with Gasteiger partial charge in [-0.15, -0.1) is 0 Å². The molecular weight excluding hydrogens is 378 g/mol. The first-order valence-electron chi connectivity index (χ1n) is 8.44. The van der Waals surface area contributed by atoms with Crippen molar-refractivity contribution in [3.8, 4) is 5.75 Å². The second kappa shape index (κ2) is 8.43. The van der Waals surface area contributed by atoms with E-state index in [2.05, 4.69) is 0 Å². The average molecular weight is 400 g/mol. The Morgan fingerprint density at radius 3 is 2.69 bits per heavy atom. The van der Waals surface area contributed by atoms with E-state index >= 15 is 0 Å². The number of hydrogen-bond donors (Lipinski definition) is 1. The van der Waals surface area contributed by atoms with Crippen LogP contribution in [-0.2, 0) is 16.4 Å². The molecule has 8 heteroatoms. The molecule has 0 bridgehead atoms. The molecule has 2 unspecified atom stereocenters. The second-order valence-electron chi connectivity index (χ2n) is 6.48. The first-order chi connectivity index (χ1) is 12.4. The lowest BCUT2D eigenvalue weighted by molar-refractivity contribution is 0.0497. The standard InChI is InChI=1S/C18H22ClNO5S/c19-14-3-5-17(6-4-14)25-12-16(21)10-20(11-18-2-1-8-24-18)15-7-9-26(22,23)13-15/h1-6,8,15-16,21H,7,9-13H2. The van der Waals surface area contributed by atoms with Gasteiger partial charge in [0.2, 0.25) is 0 Å². The van der Waals surface area contributed by atoms with Crippen molar-refractivity contribution < 1.29 is 22.7 Å². The Bertz CT molecular complexity index is 791. The topological polar surface area (TPSA) is 80.0 Å². The number of furan rings is 1. The van der Waals surface area contributed by atoms with Crippen LogP contribution in [0.5, 0.6) is 5.75 Å². The fourth-order valence-corrected chi connectivity index (χ4v) is 4.94. The van der Waals surface area contributed by atoms with Crippen molar-refractivity contribution in [2.45, 2.75) is 25.1 Å². The van der Waals surface area contributed by atoms with Crippen molar-refractivity contribution in [3.05, 3.63) is 53.4 Å². The summed E-state index contributed by atoms with van der Waals surface area (Å²) in [4.78, 5) is 1.96. The van der Waals surface area contributed by atoms with Gasteiger partial charge in [0.25, 0.3) is 0 Å². The molecule has 1 fully saturated rings. The number of hydrogen-bond acceptors (Lipinski definition) is 6. The first kappa shape index (κ1) is 19.2. The summed E-state index contributed by atoms with van der Waals surface area (Å²) in [7, 11) is -3.01. The second-order valence-corrected chi connectivity index (χ2v) is 9.15. The molecule has 142 valence electrons. The average Bonchev–Trinajstić information content (AvgIpc) is 3.23. The number of halogens is 1. The van der Waals surface area contributed by atoms with E-state index in [0.717, 1.165) is 5.76 Å². The zero-order valence-electron chi connectivity index (χ0n) is 14.3. The number of sulfone groups is 1. The van der Waals surface area contributed by atoms with Gasteiger partial charge in [0.1, 0.15) is 24.2 Å². The van der Waals surface area contributed by atoms with Crippen molar-refractivity contribution in [1.29, 1.82) is 0 Å². The van der Waals surface area contributed by atoms with Gasteiger partial charge < -0.3 is 14.3 Å². The quantitative estimate of drug-likeness (QED) is 0.734. The van der Waals surface area contributed by atoms with Gasteiger partial charge in [-0.3, -0.25) is 4.90 Å². The molecule has 26 heavy (non-hydrogen) atoms. The molecule has 0 saturated carbocycles. The summed E-state index contributed by atoms with van der Waals surface area (Å²) in [5.41, 5.74) is 0. The van der Waals surface area contributed by atoms with Gasteiger partial charge in [-0.05, 0) is 42.8 Å². The van der Waals surface area contributed by atoms with Crippen LogP contribution in [0.4, 0.5) is 0 Å². The van der Waals surface area contributed by atoms with Crippen LogP contribution in [0.2, 0.25) is 5.02 Å². The molecule has 2 aromatic rings. The fourth-order valence-electron chi connectivity index (χ4n) is 3.06. The molecule has 2 heterocycles. The molecule has 3 rings (SSSR count). The molecular formula is C18H22ClNO5S. The van der Waals surface area contributed by atoms with Crippen molar-refractivity contribution in [2.24, 2.45) is 0 Å². The Morgan fingerprint density at radius 1 is 1.31 bits per heavy atom. The monoisotopic (exact) mass is 399 g/mol. The van der Waals surface area contributed by atoms with Crippen LogP contribution < -0.4 is 4.74 Å². The van der Waals surface area contributed by atoms with Gasteiger partial charge in [0, 0.05) is 17.6 Å². The largest absolute Gasteiger partial charge is 0.491 e. The van der Waals surface area contributed by atoms with Crippen LogP contribution >= 0.6 is 11.6 Å². The Balaban J connectivity index is 1.59. The minimum absolute atomic E-state index is 0.107. The van der Waals surface area contributed by atoms with Crippen LogP contribution in [0.1, 0.15) is 12.2 Å². The maximum absolute atomic E-state index is 11.8. The third-order valence-electron chi connectivity index (χ3n) is 4.37. The highest BCUT2D eigenvalue weighted by molar-refractivity contribution is 7.91. The van der Waals surface area contributed by atoms with Gasteiger partial charge in [0.05, 0.1) is 24.3 Å². The lowest BCUT2D eigenvalue weighted by Gasteiger charge is -2.29. The Morgan fingerprint density at radius 2 is 2.08 bits per heavy atom. The Kier molecular flexibility index (Phi) is 6.24. The van der Waals surface area contributed by atoms with Gasteiger partial charge in [0.15, 0.2) is 9.84 Å². The normalized spacial score (nSPS) is 20.3. The van der Waals surface area contributed by atoms with Crippen LogP contribution in [-0.4, -0.2) is 55.2 Å². The van der Waals surface area contributed by atoms with Crippen molar-refractivity contribution in [1.82, 2.24) is 4.90 Å². The maximum atomic E-state index is 11.8. The number of aliphatic hydroxyl groups is 1. The SMILES string of the molecule is O=S1(=O)CCC(N(Cc2ccco2)CC(O)COc2ccc(Cl)cc2)C1. The smallest absolute Gasteiger partial charge is 0.151 e. The molecule has 0 amide bonds. The molecule has 0 spiro atoms. The summed E-state index contributed by atoms with van der Waals surface area (Å²) in [6.45, 7) is 0.857. The molecule has 0 aliphatic carbocycles. The predicted octanol–water partition coefficient (Wildman–Crippen LogP) is 2.36. The third kappa shape index (κ3) is 5.48. The van der Waals surface area contributed by atoms with E-state index in [1.165, 1.54) is 0 Å². The molecule has 1 aliphatic heterocycles. The summed E-state index contributed by atoms with van der Waals surface area (Å²) < 4.78 is 34.6. The van der Waals surface area contributed by atoms with E-state index in [0.29, 0.717) is 30.3 Å². The highest BCUT2D eigenvalue weighted by Crippen LogP contribution is 2.21. The Labute approximate surface area is 158 Å². The zero-order valence-corrected chi connectivity index (χ0v) is 15.8. The summed E-state index contributed by atoms with van der Waals surface area (Å²) >= 11 is 5.84. The van der Waals surface area contributed by atoms with E-state index in [1.54, 1.807) is 36.6 Å². The maximum Gasteiger partial charge on any atom is 0.151 e. The van der Waals surface area contributed by atoms with E-state index in [4.69, 9.17) is 20.8 Å². The van der Waals surface area contributed by atoms with Crippen molar-refractivity contribution in [2.75, 3.05) is 24.7 Å². The molecule has 1 aromatic carbocycles. The third-order valence-corrected chi connectivity index (χ3v) is 6.37. The van der Waals surface area contributed by atoms with Gasteiger partial charge in [-0.2, -0.15) is 0 Å². The van der Waals surface area contributed by atoms with Crippen molar-refractivity contribution in [3.63, 3.8) is 0 Å². The van der Waals surface area contributed by atoms with Crippen LogP contribution in [0.3, 0.4) is 0 Å². The van der Waals surface area contributed by atoms with Crippen LogP contribution in [0.15, 0.2) is 47.1 Å².